The van der Waals surface area contributed by atoms with Gasteiger partial charge < -0.3 is 5.73 Å². The number of aromatic nitrogens is 2. The van der Waals surface area contributed by atoms with Crippen molar-refractivity contribution < 1.29 is 4.79 Å². The number of carbonyl (C=O) groups is 1. The summed E-state index contributed by atoms with van der Waals surface area (Å²) in [6, 6.07) is 8.07. The van der Waals surface area contributed by atoms with Crippen LogP contribution in [0.4, 0.5) is 0 Å². The van der Waals surface area contributed by atoms with Gasteiger partial charge in [-0.05, 0) is 36.1 Å². The van der Waals surface area contributed by atoms with Gasteiger partial charge in [0.05, 0.1) is 5.69 Å². The van der Waals surface area contributed by atoms with Crippen molar-refractivity contribution in [2.45, 2.75) is 26.7 Å². The summed E-state index contributed by atoms with van der Waals surface area (Å²) in [6.07, 6.45) is 1.56. The van der Waals surface area contributed by atoms with Gasteiger partial charge in [-0.3, -0.25) is 4.79 Å². The lowest BCUT2D eigenvalue weighted by Crippen LogP contribution is -2.15. The first-order chi connectivity index (χ1) is 8.99. The standard InChI is InChI=1S/C15H17N3O/c1-9(2)11-5-4-10(3)12(8-11)13-6-7-17-15(18-13)14(16)19/h4-9H,1-3H3,(H2,16,19). The van der Waals surface area contributed by atoms with Gasteiger partial charge in [0.25, 0.3) is 5.91 Å². The van der Waals surface area contributed by atoms with E-state index in [1.807, 2.05) is 6.92 Å². The molecular weight excluding hydrogens is 238 g/mol. The highest BCUT2D eigenvalue weighted by molar-refractivity contribution is 5.89. The summed E-state index contributed by atoms with van der Waals surface area (Å²) < 4.78 is 0. The van der Waals surface area contributed by atoms with E-state index in [1.165, 1.54) is 5.56 Å². The molecule has 0 saturated heterocycles. The summed E-state index contributed by atoms with van der Waals surface area (Å²) in [5.41, 5.74) is 9.29. The number of carbonyl (C=O) groups excluding carboxylic acids is 1. The molecule has 1 heterocycles. The first kappa shape index (κ1) is 13.2. The second kappa shape index (κ2) is 5.18. The third kappa shape index (κ3) is 2.78. The quantitative estimate of drug-likeness (QED) is 0.916. The van der Waals surface area contributed by atoms with Gasteiger partial charge in [0.1, 0.15) is 0 Å². The van der Waals surface area contributed by atoms with Gasteiger partial charge in [-0.15, -0.1) is 0 Å². The molecule has 1 aromatic carbocycles. The van der Waals surface area contributed by atoms with Crippen molar-refractivity contribution in [2.75, 3.05) is 0 Å². The number of hydrogen-bond acceptors (Lipinski definition) is 3. The van der Waals surface area contributed by atoms with Crippen molar-refractivity contribution in [2.24, 2.45) is 5.73 Å². The predicted molar refractivity (Wildman–Crippen MR) is 74.8 cm³/mol. The first-order valence-electron chi connectivity index (χ1n) is 6.23. The third-order valence-electron chi connectivity index (χ3n) is 3.08. The second-order valence-electron chi connectivity index (χ2n) is 4.86. The third-order valence-corrected chi connectivity index (χ3v) is 3.08. The Labute approximate surface area is 112 Å². The summed E-state index contributed by atoms with van der Waals surface area (Å²) in [5, 5.41) is 0. The number of amides is 1. The van der Waals surface area contributed by atoms with Crippen LogP contribution in [0, 0.1) is 6.92 Å². The maximum atomic E-state index is 11.1. The van der Waals surface area contributed by atoms with Gasteiger partial charge in [-0.2, -0.15) is 0 Å². The lowest BCUT2D eigenvalue weighted by molar-refractivity contribution is 0.0990. The number of primary amides is 1. The van der Waals surface area contributed by atoms with Crippen LogP contribution in [0.1, 0.15) is 41.5 Å². The second-order valence-corrected chi connectivity index (χ2v) is 4.86. The van der Waals surface area contributed by atoms with Crippen LogP contribution in [0.15, 0.2) is 30.5 Å². The number of benzene rings is 1. The molecule has 0 spiro atoms. The summed E-state index contributed by atoms with van der Waals surface area (Å²) in [4.78, 5) is 19.2. The maximum absolute atomic E-state index is 11.1. The molecule has 0 unspecified atom stereocenters. The van der Waals surface area contributed by atoms with Crippen LogP contribution < -0.4 is 5.73 Å². The van der Waals surface area contributed by atoms with E-state index in [0.717, 1.165) is 16.8 Å². The van der Waals surface area contributed by atoms with Gasteiger partial charge >= 0.3 is 0 Å². The zero-order valence-electron chi connectivity index (χ0n) is 11.3. The Balaban J connectivity index is 2.54. The van der Waals surface area contributed by atoms with Gasteiger partial charge in [0, 0.05) is 11.8 Å². The molecule has 2 rings (SSSR count). The highest BCUT2D eigenvalue weighted by atomic mass is 16.1. The van der Waals surface area contributed by atoms with Crippen molar-refractivity contribution in [3.8, 4) is 11.3 Å². The molecule has 2 aromatic rings. The molecule has 0 aliphatic carbocycles. The molecule has 0 aliphatic rings. The van der Waals surface area contributed by atoms with E-state index in [-0.39, 0.29) is 5.82 Å². The molecule has 0 atom stereocenters. The molecule has 1 aromatic heterocycles. The zero-order valence-corrected chi connectivity index (χ0v) is 11.3. The Kier molecular flexibility index (Phi) is 3.60. The van der Waals surface area contributed by atoms with E-state index in [0.29, 0.717) is 5.92 Å². The van der Waals surface area contributed by atoms with E-state index in [2.05, 4.69) is 42.0 Å². The Morgan fingerprint density at radius 1 is 1.26 bits per heavy atom. The highest BCUT2D eigenvalue weighted by Gasteiger charge is 2.10. The molecule has 0 radical (unpaired) electrons. The number of nitrogens with zero attached hydrogens (tertiary/aromatic N) is 2. The van der Waals surface area contributed by atoms with Crippen LogP contribution in [0.2, 0.25) is 0 Å². The minimum absolute atomic E-state index is 0.0480. The molecule has 4 heteroatoms. The molecule has 19 heavy (non-hydrogen) atoms. The summed E-state index contributed by atoms with van der Waals surface area (Å²) in [7, 11) is 0. The normalized spacial score (nSPS) is 10.7. The topological polar surface area (TPSA) is 68.9 Å². The minimum Gasteiger partial charge on any atom is -0.363 e. The molecule has 0 fully saturated rings. The average Bonchev–Trinajstić information content (AvgIpc) is 2.39. The zero-order chi connectivity index (χ0) is 14.0. The van der Waals surface area contributed by atoms with Gasteiger partial charge in [0.15, 0.2) is 0 Å². The maximum Gasteiger partial charge on any atom is 0.286 e. The van der Waals surface area contributed by atoms with Crippen LogP contribution in [0.25, 0.3) is 11.3 Å². The van der Waals surface area contributed by atoms with E-state index >= 15 is 0 Å². The predicted octanol–water partition coefficient (Wildman–Crippen LogP) is 2.67. The van der Waals surface area contributed by atoms with Crippen LogP contribution in [0.5, 0.6) is 0 Å². The Morgan fingerprint density at radius 2 is 2.00 bits per heavy atom. The molecule has 0 saturated carbocycles. The number of aryl methyl sites for hydroxylation is 1. The molecule has 4 nitrogen and oxygen atoms in total. The van der Waals surface area contributed by atoms with Gasteiger partial charge in [0.2, 0.25) is 5.82 Å². The summed E-state index contributed by atoms with van der Waals surface area (Å²) >= 11 is 0. The van der Waals surface area contributed by atoms with Crippen molar-refractivity contribution in [3.63, 3.8) is 0 Å². The average molecular weight is 255 g/mol. The van der Waals surface area contributed by atoms with Crippen LogP contribution in [-0.2, 0) is 0 Å². The van der Waals surface area contributed by atoms with E-state index in [4.69, 9.17) is 5.73 Å². The van der Waals surface area contributed by atoms with Crippen molar-refractivity contribution in [3.05, 3.63) is 47.4 Å². The molecule has 98 valence electrons. The van der Waals surface area contributed by atoms with Crippen LogP contribution in [-0.4, -0.2) is 15.9 Å². The molecule has 1 amide bonds. The van der Waals surface area contributed by atoms with E-state index < -0.39 is 5.91 Å². The minimum atomic E-state index is -0.612. The largest absolute Gasteiger partial charge is 0.363 e. The Hall–Kier alpha value is -2.23. The van der Waals surface area contributed by atoms with Crippen LogP contribution >= 0.6 is 0 Å². The number of nitrogens with two attached hydrogens (primary N) is 1. The lowest BCUT2D eigenvalue weighted by atomic mass is 9.96. The van der Waals surface area contributed by atoms with Crippen molar-refractivity contribution in [1.82, 2.24) is 9.97 Å². The number of hydrogen-bond donors (Lipinski definition) is 1. The lowest BCUT2D eigenvalue weighted by Gasteiger charge is -2.11. The Bertz CT molecular complexity index is 621. The SMILES string of the molecule is Cc1ccc(C(C)C)cc1-c1ccnc(C(N)=O)n1. The van der Waals surface area contributed by atoms with Crippen molar-refractivity contribution in [1.29, 1.82) is 0 Å². The van der Waals surface area contributed by atoms with Crippen molar-refractivity contribution >= 4 is 5.91 Å². The smallest absolute Gasteiger partial charge is 0.286 e. The van der Waals surface area contributed by atoms with Gasteiger partial charge in [-0.1, -0.05) is 26.0 Å². The highest BCUT2D eigenvalue weighted by Crippen LogP contribution is 2.26. The van der Waals surface area contributed by atoms with E-state index in [1.54, 1.807) is 12.3 Å². The van der Waals surface area contributed by atoms with E-state index in [9.17, 15) is 4.79 Å². The fraction of sp³-hybridized carbons (Fsp3) is 0.267. The monoisotopic (exact) mass is 255 g/mol. The van der Waals surface area contributed by atoms with Crippen LogP contribution in [0.3, 0.4) is 0 Å². The summed E-state index contributed by atoms with van der Waals surface area (Å²) in [5.74, 6) is -0.122. The molecule has 0 bridgehead atoms. The van der Waals surface area contributed by atoms with Gasteiger partial charge in [-0.25, -0.2) is 9.97 Å². The molecular formula is C15H17N3O. The summed E-state index contributed by atoms with van der Waals surface area (Å²) in [6.45, 7) is 6.30. The fourth-order valence-corrected chi connectivity index (χ4v) is 1.90. The Morgan fingerprint density at radius 3 is 2.63 bits per heavy atom. The molecule has 0 aliphatic heterocycles. The fourth-order valence-electron chi connectivity index (χ4n) is 1.90. The molecule has 2 N–H and O–H groups in total. The first-order valence-corrected chi connectivity index (χ1v) is 6.23. The number of rotatable bonds is 3.